The summed E-state index contributed by atoms with van der Waals surface area (Å²) in [6, 6.07) is 7.43. The number of carbonyl (C=O) groups is 1. The summed E-state index contributed by atoms with van der Waals surface area (Å²) < 4.78 is 10.7. The summed E-state index contributed by atoms with van der Waals surface area (Å²) in [6.45, 7) is 1.14. The van der Waals surface area contributed by atoms with Crippen molar-refractivity contribution < 1.29 is 14.3 Å². The van der Waals surface area contributed by atoms with Gasteiger partial charge in [0, 0.05) is 32.9 Å². The Hall–Kier alpha value is -1.50. The number of nitrogens with zero attached hydrogens (tertiary/aromatic N) is 1. The molecule has 0 radical (unpaired) electrons. The summed E-state index contributed by atoms with van der Waals surface area (Å²) in [4.78, 5) is 14.5. The molecule has 1 saturated heterocycles. The van der Waals surface area contributed by atoms with Gasteiger partial charge in [0.05, 0.1) is 6.42 Å². The minimum absolute atomic E-state index is 0.0593. The summed E-state index contributed by atoms with van der Waals surface area (Å²) >= 11 is 4.91. The highest BCUT2D eigenvalue weighted by molar-refractivity contribution is 7.80. The van der Waals surface area contributed by atoms with E-state index in [2.05, 4.69) is 0 Å². The van der Waals surface area contributed by atoms with Crippen LogP contribution in [0, 0.1) is 0 Å². The molecule has 114 valence electrons. The number of methoxy groups -OCH3 is 2. The lowest BCUT2D eigenvalue weighted by Crippen LogP contribution is -2.31. The highest BCUT2D eigenvalue weighted by Gasteiger charge is 2.35. The number of amides is 1. The Bertz CT molecular complexity index is 506. The lowest BCUT2D eigenvalue weighted by molar-refractivity contribution is -0.130. The van der Waals surface area contributed by atoms with Crippen LogP contribution < -0.4 is 5.73 Å². The fourth-order valence-corrected chi connectivity index (χ4v) is 2.61. The third-order valence-electron chi connectivity index (χ3n) is 3.77. The number of benzene rings is 1. The van der Waals surface area contributed by atoms with Crippen molar-refractivity contribution in [3.05, 3.63) is 35.4 Å². The molecule has 0 saturated carbocycles. The standard InChI is InChI=1S/C15H20N2O3S/c1-19-12-8-17(9-13(12)20-2)14(18)7-10-3-5-11(6-4-10)15(16)21/h3-6,12-13H,7-9H2,1-2H3,(H2,16,21). The smallest absolute Gasteiger partial charge is 0.227 e. The van der Waals surface area contributed by atoms with E-state index >= 15 is 0 Å². The molecule has 6 heteroatoms. The van der Waals surface area contributed by atoms with E-state index in [1.54, 1.807) is 19.1 Å². The molecule has 5 nitrogen and oxygen atoms in total. The van der Waals surface area contributed by atoms with Crippen molar-refractivity contribution >= 4 is 23.1 Å². The van der Waals surface area contributed by atoms with E-state index in [4.69, 9.17) is 27.4 Å². The Morgan fingerprint density at radius 2 is 1.76 bits per heavy atom. The first-order chi connectivity index (χ1) is 10.0. The zero-order chi connectivity index (χ0) is 15.4. The van der Waals surface area contributed by atoms with Gasteiger partial charge in [-0.15, -0.1) is 0 Å². The Morgan fingerprint density at radius 1 is 1.24 bits per heavy atom. The fraction of sp³-hybridized carbons (Fsp3) is 0.467. The van der Waals surface area contributed by atoms with Gasteiger partial charge in [-0.2, -0.15) is 0 Å². The van der Waals surface area contributed by atoms with Crippen LogP contribution in [-0.4, -0.2) is 55.3 Å². The Morgan fingerprint density at radius 3 is 2.19 bits per heavy atom. The molecule has 1 fully saturated rings. The van der Waals surface area contributed by atoms with Crippen LogP contribution in [0.4, 0.5) is 0 Å². The van der Waals surface area contributed by atoms with E-state index in [0.29, 0.717) is 24.5 Å². The molecular formula is C15H20N2O3S. The van der Waals surface area contributed by atoms with Gasteiger partial charge in [-0.05, 0) is 5.56 Å². The van der Waals surface area contributed by atoms with Gasteiger partial charge in [0.25, 0.3) is 0 Å². The summed E-state index contributed by atoms with van der Waals surface area (Å²) in [5.74, 6) is 0.0691. The van der Waals surface area contributed by atoms with Crippen LogP contribution in [0.15, 0.2) is 24.3 Å². The van der Waals surface area contributed by atoms with Crippen molar-refractivity contribution in [3.8, 4) is 0 Å². The van der Waals surface area contributed by atoms with E-state index in [1.165, 1.54) is 0 Å². The molecule has 2 unspecified atom stereocenters. The van der Waals surface area contributed by atoms with Gasteiger partial charge in [0.1, 0.15) is 17.2 Å². The van der Waals surface area contributed by atoms with Crippen molar-refractivity contribution in [2.24, 2.45) is 5.73 Å². The van der Waals surface area contributed by atoms with Crippen LogP contribution in [0.25, 0.3) is 0 Å². The number of hydrogen-bond donors (Lipinski definition) is 1. The molecule has 1 aliphatic heterocycles. The minimum Gasteiger partial charge on any atom is -0.389 e. The monoisotopic (exact) mass is 308 g/mol. The number of nitrogens with two attached hydrogens (primary N) is 1. The largest absolute Gasteiger partial charge is 0.389 e. The SMILES string of the molecule is COC1CN(C(=O)Cc2ccc(C(N)=S)cc2)CC1OC. The highest BCUT2D eigenvalue weighted by Crippen LogP contribution is 2.17. The average Bonchev–Trinajstić information content (AvgIpc) is 2.91. The lowest BCUT2D eigenvalue weighted by atomic mass is 10.1. The Balaban J connectivity index is 1.97. The second kappa shape index (κ2) is 6.98. The highest BCUT2D eigenvalue weighted by atomic mass is 32.1. The minimum atomic E-state index is -0.0593. The maximum absolute atomic E-state index is 12.3. The van der Waals surface area contributed by atoms with Gasteiger partial charge in [-0.1, -0.05) is 36.5 Å². The van der Waals surface area contributed by atoms with Crippen molar-refractivity contribution in [2.75, 3.05) is 27.3 Å². The summed E-state index contributed by atoms with van der Waals surface area (Å²) in [6.07, 6.45) is 0.233. The molecule has 2 atom stereocenters. The third kappa shape index (κ3) is 3.78. The van der Waals surface area contributed by atoms with Crippen molar-refractivity contribution in [1.29, 1.82) is 0 Å². The van der Waals surface area contributed by atoms with E-state index in [0.717, 1.165) is 11.1 Å². The molecule has 1 heterocycles. The molecule has 1 aromatic carbocycles. The van der Waals surface area contributed by atoms with Crippen LogP contribution in [0.1, 0.15) is 11.1 Å². The average molecular weight is 308 g/mol. The summed E-state index contributed by atoms with van der Waals surface area (Å²) in [7, 11) is 3.28. The second-order valence-electron chi connectivity index (χ2n) is 5.08. The number of rotatable bonds is 5. The lowest BCUT2D eigenvalue weighted by Gasteiger charge is -2.15. The fourth-order valence-electron chi connectivity index (χ4n) is 2.47. The summed E-state index contributed by atoms with van der Waals surface area (Å²) in [5, 5.41) is 0. The molecule has 0 aliphatic carbocycles. The van der Waals surface area contributed by atoms with E-state index in [9.17, 15) is 4.79 Å². The maximum atomic E-state index is 12.3. The molecule has 0 bridgehead atoms. The third-order valence-corrected chi connectivity index (χ3v) is 4.00. The molecule has 1 aliphatic rings. The molecule has 0 spiro atoms. The van der Waals surface area contributed by atoms with Crippen LogP contribution in [0.2, 0.25) is 0 Å². The molecule has 0 aromatic heterocycles. The van der Waals surface area contributed by atoms with Crippen molar-refractivity contribution in [3.63, 3.8) is 0 Å². The number of carbonyl (C=O) groups excluding carboxylic acids is 1. The van der Waals surface area contributed by atoms with Crippen molar-refractivity contribution in [1.82, 2.24) is 4.90 Å². The van der Waals surface area contributed by atoms with E-state index in [1.807, 2.05) is 24.3 Å². The molecule has 1 aromatic rings. The van der Waals surface area contributed by atoms with Crippen molar-refractivity contribution in [2.45, 2.75) is 18.6 Å². The first-order valence-electron chi connectivity index (χ1n) is 6.77. The van der Waals surface area contributed by atoms with Gasteiger partial charge in [0.2, 0.25) is 5.91 Å². The molecule has 21 heavy (non-hydrogen) atoms. The van der Waals surface area contributed by atoms with Crippen LogP contribution in [0.3, 0.4) is 0 Å². The zero-order valence-corrected chi connectivity index (χ0v) is 13.1. The Labute approximate surface area is 130 Å². The first-order valence-corrected chi connectivity index (χ1v) is 7.18. The van der Waals surface area contributed by atoms with Crippen LogP contribution in [-0.2, 0) is 20.7 Å². The predicted octanol–water partition coefficient (Wildman–Crippen LogP) is 0.735. The van der Waals surface area contributed by atoms with E-state index < -0.39 is 0 Å². The van der Waals surface area contributed by atoms with Crippen LogP contribution in [0.5, 0.6) is 0 Å². The molecule has 1 amide bonds. The normalized spacial score (nSPS) is 21.5. The van der Waals surface area contributed by atoms with E-state index in [-0.39, 0.29) is 18.1 Å². The first kappa shape index (κ1) is 15.9. The number of ether oxygens (including phenoxy) is 2. The van der Waals surface area contributed by atoms with Gasteiger partial charge in [-0.3, -0.25) is 4.79 Å². The quantitative estimate of drug-likeness (QED) is 0.813. The number of likely N-dealkylation sites (tertiary alicyclic amines) is 1. The number of thiocarbonyl (C=S) groups is 1. The topological polar surface area (TPSA) is 64.8 Å². The maximum Gasteiger partial charge on any atom is 0.227 e. The molecule has 2 N–H and O–H groups in total. The van der Waals surface area contributed by atoms with Crippen LogP contribution >= 0.6 is 12.2 Å². The van der Waals surface area contributed by atoms with Gasteiger partial charge in [-0.25, -0.2) is 0 Å². The molecular weight excluding hydrogens is 288 g/mol. The predicted molar refractivity (Wildman–Crippen MR) is 84.2 cm³/mol. The Kier molecular flexibility index (Phi) is 5.27. The second-order valence-corrected chi connectivity index (χ2v) is 5.52. The number of hydrogen-bond acceptors (Lipinski definition) is 4. The van der Waals surface area contributed by atoms with Gasteiger partial charge < -0.3 is 20.1 Å². The zero-order valence-electron chi connectivity index (χ0n) is 12.2. The van der Waals surface area contributed by atoms with Gasteiger partial charge >= 0.3 is 0 Å². The van der Waals surface area contributed by atoms with Gasteiger partial charge in [0.15, 0.2) is 0 Å². The summed E-state index contributed by atoms with van der Waals surface area (Å²) in [5.41, 5.74) is 7.30. The molecule has 2 rings (SSSR count).